The summed E-state index contributed by atoms with van der Waals surface area (Å²) in [5.41, 5.74) is 1.15. The third-order valence-corrected chi connectivity index (χ3v) is 3.01. The Hall–Kier alpha value is -2.11. The predicted octanol–water partition coefficient (Wildman–Crippen LogP) is 3.05. The Bertz CT molecular complexity index is 602. The second-order valence-corrected chi connectivity index (χ2v) is 4.72. The first-order chi connectivity index (χ1) is 10.2. The van der Waals surface area contributed by atoms with Crippen molar-refractivity contribution in [2.75, 3.05) is 30.9 Å². The monoisotopic (exact) mass is 305 g/mol. The molecule has 2 rings (SSSR count). The van der Waals surface area contributed by atoms with Crippen molar-refractivity contribution in [3.05, 3.63) is 53.2 Å². The fourth-order valence-corrected chi connectivity index (χ4v) is 1.86. The summed E-state index contributed by atoms with van der Waals surface area (Å²) < 4.78 is 4.97. The quantitative estimate of drug-likeness (QED) is 0.805. The molecule has 1 aromatic carbocycles. The molecule has 0 radical (unpaired) electrons. The summed E-state index contributed by atoms with van der Waals surface area (Å²) in [5, 5.41) is 6.50. The van der Waals surface area contributed by atoms with Gasteiger partial charge in [-0.25, -0.2) is 4.98 Å². The number of carbonyl (C=O) groups excluding carboxylic acids is 1. The fourth-order valence-electron chi connectivity index (χ4n) is 1.73. The van der Waals surface area contributed by atoms with Gasteiger partial charge in [0, 0.05) is 30.6 Å². The van der Waals surface area contributed by atoms with Crippen LogP contribution < -0.4 is 10.6 Å². The highest BCUT2D eigenvalue weighted by atomic mass is 35.5. The van der Waals surface area contributed by atoms with Gasteiger partial charge in [-0.3, -0.25) is 4.79 Å². The second kappa shape index (κ2) is 7.61. The zero-order chi connectivity index (χ0) is 15.1. The van der Waals surface area contributed by atoms with E-state index < -0.39 is 0 Å². The molecule has 5 nitrogen and oxygen atoms in total. The number of nitrogens with zero attached hydrogens (tertiary/aromatic N) is 1. The first-order valence-corrected chi connectivity index (χ1v) is 6.83. The number of pyridine rings is 1. The van der Waals surface area contributed by atoms with E-state index in [1.807, 2.05) is 0 Å². The van der Waals surface area contributed by atoms with E-state index in [4.69, 9.17) is 16.3 Å². The average Bonchev–Trinajstić information content (AvgIpc) is 2.50. The molecule has 0 saturated carbocycles. The first kappa shape index (κ1) is 15.3. The molecule has 110 valence electrons. The number of amides is 1. The van der Waals surface area contributed by atoms with Crippen LogP contribution in [0.2, 0.25) is 5.02 Å². The van der Waals surface area contributed by atoms with E-state index >= 15 is 0 Å². The summed E-state index contributed by atoms with van der Waals surface area (Å²) in [5.74, 6) is 0.298. The van der Waals surface area contributed by atoms with Gasteiger partial charge in [0.25, 0.3) is 5.91 Å². The molecule has 6 heteroatoms. The number of rotatable bonds is 6. The number of halogens is 1. The summed E-state index contributed by atoms with van der Waals surface area (Å²) in [6.45, 7) is 1.11. The summed E-state index contributed by atoms with van der Waals surface area (Å²) in [7, 11) is 1.62. The third kappa shape index (κ3) is 4.44. The fraction of sp³-hybridized carbons (Fsp3) is 0.200. The molecule has 2 aromatic rings. The smallest absolute Gasteiger partial charge is 0.259 e. The minimum atomic E-state index is -0.231. The first-order valence-electron chi connectivity index (χ1n) is 6.45. The van der Waals surface area contributed by atoms with Crippen LogP contribution >= 0.6 is 11.6 Å². The maximum Gasteiger partial charge on any atom is 0.259 e. The minimum absolute atomic E-state index is 0.231. The topological polar surface area (TPSA) is 63.2 Å². The molecular formula is C15H16ClN3O2. The number of hydrogen-bond donors (Lipinski definition) is 2. The lowest BCUT2D eigenvalue weighted by Gasteiger charge is -2.11. The van der Waals surface area contributed by atoms with E-state index in [-0.39, 0.29) is 5.91 Å². The Kier molecular flexibility index (Phi) is 5.54. The van der Waals surface area contributed by atoms with Gasteiger partial charge in [-0.2, -0.15) is 0 Å². The van der Waals surface area contributed by atoms with Gasteiger partial charge in [-0.05, 0) is 36.4 Å². The average molecular weight is 306 g/mol. The van der Waals surface area contributed by atoms with Crippen LogP contribution in [0.25, 0.3) is 0 Å². The number of aromatic nitrogens is 1. The van der Waals surface area contributed by atoms with Crippen LogP contribution in [-0.2, 0) is 4.74 Å². The lowest BCUT2D eigenvalue weighted by molar-refractivity contribution is 0.102. The Labute approximate surface area is 128 Å². The minimum Gasteiger partial charge on any atom is -0.383 e. The Balaban J connectivity index is 2.09. The van der Waals surface area contributed by atoms with Gasteiger partial charge < -0.3 is 15.4 Å². The van der Waals surface area contributed by atoms with Gasteiger partial charge in [0.1, 0.15) is 5.82 Å². The molecule has 0 aliphatic rings. The zero-order valence-corrected chi connectivity index (χ0v) is 12.4. The molecule has 1 heterocycles. The van der Waals surface area contributed by atoms with Gasteiger partial charge >= 0.3 is 0 Å². The SMILES string of the molecule is COCCNc1ncccc1C(=O)Nc1ccc(Cl)cc1. The van der Waals surface area contributed by atoms with Crippen molar-refractivity contribution in [2.45, 2.75) is 0 Å². The maximum absolute atomic E-state index is 12.3. The normalized spacial score (nSPS) is 10.2. The highest BCUT2D eigenvalue weighted by molar-refractivity contribution is 6.30. The van der Waals surface area contributed by atoms with Gasteiger partial charge in [-0.15, -0.1) is 0 Å². The second-order valence-electron chi connectivity index (χ2n) is 4.28. The molecule has 0 fully saturated rings. The van der Waals surface area contributed by atoms with Crippen molar-refractivity contribution in [2.24, 2.45) is 0 Å². The molecule has 2 N–H and O–H groups in total. The van der Waals surface area contributed by atoms with Gasteiger partial charge in [-0.1, -0.05) is 11.6 Å². The van der Waals surface area contributed by atoms with E-state index in [9.17, 15) is 4.79 Å². The number of methoxy groups -OCH3 is 1. The third-order valence-electron chi connectivity index (χ3n) is 2.75. The summed E-state index contributed by atoms with van der Waals surface area (Å²) >= 11 is 5.82. The maximum atomic E-state index is 12.3. The molecule has 0 bridgehead atoms. The molecule has 0 aliphatic heterocycles. The molecule has 0 unspecified atom stereocenters. The van der Waals surface area contributed by atoms with E-state index in [0.29, 0.717) is 35.2 Å². The van der Waals surface area contributed by atoms with Crippen molar-refractivity contribution in [3.8, 4) is 0 Å². The van der Waals surface area contributed by atoms with Gasteiger partial charge in [0.2, 0.25) is 0 Å². The van der Waals surface area contributed by atoms with Crippen LogP contribution in [0.5, 0.6) is 0 Å². The standard InChI is InChI=1S/C15H16ClN3O2/c1-21-10-9-18-14-13(3-2-8-17-14)15(20)19-12-6-4-11(16)5-7-12/h2-8H,9-10H2,1H3,(H,17,18)(H,19,20). The number of benzene rings is 1. The summed E-state index contributed by atoms with van der Waals surface area (Å²) in [6, 6.07) is 10.4. The number of carbonyl (C=O) groups is 1. The van der Waals surface area contributed by atoms with Crippen molar-refractivity contribution in [1.82, 2.24) is 4.98 Å². The van der Waals surface area contributed by atoms with Crippen LogP contribution in [0.15, 0.2) is 42.6 Å². The van der Waals surface area contributed by atoms with E-state index in [1.54, 1.807) is 49.7 Å². The van der Waals surface area contributed by atoms with Gasteiger partial charge in [0.05, 0.1) is 12.2 Å². The van der Waals surface area contributed by atoms with Crippen molar-refractivity contribution in [1.29, 1.82) is 0 Å². The lowest BCUT2D eigenvalue weighted by Crippen LogP contribution is -2.17. The Morgan fingerprint density at radius 3 is 2.76 bits per heavy atom. The molecular weight excluding hydrogens is 290 g/mol. The van der Waals surface area contributed by atoms with Gasteiger partial charge in [0.15, 0.2) is 0 Å². The lowest BCUT2D eigenvalue weighted by atomic mass is 10.2. The summed E-state index contributed by atoms with van der Waals surface area (Å²) in [4.78, 5) is 16.5. The van der Waals surface area contributed by atoms with Crippen molar-refractivity contribution in [3.63, 3.8) is 0 Å². The Morgan fingerprint density at radius 1 is 1.29 bits per heavy atom. The molecule has 0 aliphatic carbocycles. The van der Waals surface area contributed by atoms with E-state index in [2.05, 4.69) is 15.6 Å². The van der Waals surface area contributed by atoms with Crippen LogP contribution in [0, 0.1) is 0 Å². The number of ether oxygens (including phenoxy) is 1. The van der Waals surface area contributed by atoms with E-state index in [1.165, 1.54) is 0 Å². The summed E-state index contributed by atoms with van der Waals surface area (Å²) in [6.07, 6.45) is 1.63. The highest BCUT2D eigenvalue weighted by Crippen LogP contribution is 2.17. The molecule has 21 heavy (non-hydrogen) atoms. The number of hydrogen-bond acceptors (Lipinski definition) is 4. The van der Waals surface area contributed by atoms with Crippen molar-refractivity contribution < 1.29 is 9.53 Å². The van der Waals surface area contributed by atoms with E-state index in [0.717, 1.165) is 0 Å². The zero-order valence-electron chi connectivity index (χ0n) is 11.6. The van der Waals surface area contributed by atoms with Crippen LogP contribution in [0.1, 0.15) is 10.4 Å². The van der Waals surface area contributed by atoms with Crippen LogP contribution in [-0.4, -0.2) is 31.2 Å². The highest BCUT2D eigenvalue weighted by Gasteiger charge is 2.12. The largest absolute Gasteiger partial charge is 0.383 e. The molecule has 0 spiro atoms. The number of anilines is 2. The van der Waals surface area contributed by atoms with Crippen LogP contribution in [0.4, 0.5) is 11.5 Å². The molecule has 0 atom stereocenters. The molecule has 1 amide bonds. The molecule has 0 saturated heterocycles. The number of nitrogens with one attached hydrogen (secondary N) is 2. The molecule has 1 aromatic heterocycles. The Morgan fingerprint density at radius 2 is 2.05 bits per heavy atom. The van der Waals surface area contributed by atoms with Crippen molar-refractivity contribution >= 4 is 29.0 Å². The van der Waals surface area contributed by atoms with Crippen LogP contribution in [0.3, 0.4) is 0 Å². The predicted molar refractivity (Wildman–Crippen MR) is 84.0 cm³/mol.